The molecule has 1 aliphatic carbocycles. The maximum atomic E-state index is 13.6. The maximum Gasteiger partial charge on any atom is 0.258 e. The van der Waals surface area contributed by atoms with Gasteiger partial charge in [0.25, 0.3) is 5.91 Å². The molecule has 1 aromatic carbocycles. The Morgan fingerprint density at radius 3 is 2.43 bits per heavy atom. The molecule has 6 nitrogen and oxygen atoms in total. The molecule has 4 rings (SSSR count). The Bertz CT molecular complexity index is 742. The van der Waals surface area contributed by atoms with E-state index in [1.807, 2.05) is 11.0 Å². The summed E-state index contributed by atoms with van der Waals surface area (Å²) in [6.07, 6.45) is 4.69. The summed E-state index contributed by atoms with van der Waals surface area (Å²) < 4.78 is 6.23. The van der Waals surface area contributed by atoms with Gasteiger partial charge in [-0.15, -0.1) is 0 Å². The lowest BCUT2D eigenvalue weighted by Crippen LogP contribution is -2.59. The molecule has 2 saturated heterocycles. The van der Waals surface area contributed by atoms with Crippen LogP contribution in [0.1, 0.15) is 42.5 Å². The van der Waals surface area contributed by atoms with Crippen molar-refractivity contribution in [3.63, 3.8) is 0 Å². The summed E-state index contributed by atoms with van der Waals surface area (Å²) in [5, 5.41) is 0.413. The van der Waals surface area contributed by atoms with Crippen LogP contribution in [0.3, 0.4) is 0 Å². The van der Waals surface area contributed by atoms with E-state index in [4.69, 9.17) is 16.3 Å². The second kappa shape index (κ2) is 8.01. The van der Waals surface area contributed by atoms with E-state index in [9.17, 15) is 9.59 Å². The van der Waals surface area contributed by atoms with E-state index < -0.39 is 11.8 Å². The van der Waals surface area contributed by atoms with Crippen molar-refractivity contribution in [1.29, 1.82) is 0 Å². The average molecular weight is 406 g/mol. The first-order valence-corrected chi connectivity index (χ1v) is 10.6. The fourth-order valence-corrected chi connectivity index (χ4v) is 4.88. The van der Waals surface area contributed by atoms with E-state index in [-0.39, 0.29) is 18.4 Å². The molecule has 7 heteroatoms. The van der Waals surface area contributed by atoms with Crippen molar-refractivity contribution in [2.75, 3.05) is 39.8 Å². The van der Waals surface area contributed by atoms with Crippen molar-refractivity contribution in [2.24, 2.45) is 0 Å². The van der Waals surface area contributed by atoms with Crippen molar-refractivity contribution in [1.82, 2.24) is 14.7 Å². The van der Waals surface area contributed by atoms with Crippen LogP contribution in [0.25, 0.3) is 0 Å². The van der Waals surface area contributed by atoms with Gasteiger partial charge in [0.1, 0.15) is 11.8 Å². The fraction of sp³-hybridized carbons (Fsp3) is 0.619. The lowest BCUT2D eigenvalue weighted by Gasteiger charge is -2.42. The Morgan fingerprint density at radius 2 is 1.75 bits per heavy atom. The number of hydrogen-bond acceptors (Lipinski definition) is 4. The third-order valence-electron chi connectivity index (χ3n) is 6.32. The molecule has 2 aliphatic heterocycles. The van der Waals surface area contributed by atoms with Crippen LogP contribution in [0.5, 0.6) is 0 Å². The minimum atomic E-state index is -0.679. The van der Waals surface area contributed by atoms with E-state index in [0.29, 0.717) is 23.7 Å². The lowest BCUT2D eigenvalue weighted by molar-refractivity contribution is -0.138. The van der Waals surface area contributed by atoms with Gasteiger partial charge in [0.15, 0.2) is 0 Å². The number of amides is 2. The number of piperazine rings is 1. The Morgan fingerprint density at radius 1 is 1.07 bits per heavy atom. The van der Waals surface area contributed by atoms with Gasteiger partial charge in [-0.1, -0.05) is 30.2 Å². The molecule has 0 radical (unpaired) electrons. The minimum absolute atomic E-state index is 0.00375. The third kappa shape index (κ3) is 3.53. The van der Waals surface area contributed by atoms with Crippen LogP contribution in [0, 0.1) is 0 Å². The van der Waals surface area contributed by atoms with E-state index in [2.05, 4.69) is 11.9 Å². The topological polar surface area (TPSA) is 53.1 Å². The number of halogens is 1. The zero-order chi connectivity index (χ0) is 19.7. The predicted molar refractivity (Wildman–Crippen MR) is 107 cm³/mol. The number of ether oxygens (including phenoxy) is 1. The highest BCUT2D eigenvalue weighted by Crippen LogP contribution is 2.42. The number of carbonyl (C=O) groups is 2. The number of benzene rings is 1. The van der Waals surface area contributed by atoms with Gasteiger partial charge in [-0.2, -0.15) is 0 Å². The molecule has 152 valence electrons. The first-order chi connectivity index (χ1) is 13.5. The summed E-state index contributed by atoms with van der Waals surface area (Å²) in [4.78, 5) is 32.8. The van der Waals surface area contributed by atoms with Gasteiger partial charge in [0.2, 0.25) is 5.91 Å². The van der Waals surface area contributed by atoms with Gasteiger partial charge in [-0.3, -0.25) is 14.5 Å². The average Bonchev–Trinajstić information content (AvgIpc) is 3.06. The van der Waals surface area contributed by atoms with Crippen LogP contribution < -0.4 is 0 Å². The van der Waals surface area contributed by atoms with E-state index in [1.54, 1.807) is 23.1 Å². The zero-order valence-electron chi connectivity index (χ0n) is 16.4. The smallest absolute Gasteiger partial charge is 0.258 e. The molecule has 2 amide bonds. The SMILES string of the molecule is CN1CCN(C(=O)C2COC3(CCCCC3)N2C(=O)c2ccccc2Cl)CC1. The first-order valence-electron chi connectivity index (χ1n) is 10.2. The normalized spacial score (nSPS) is 25.3. The van der Waals surface area contributed by atoms with Crippen LogP contribution in [0.4, 0.5) is 0 Å². The van der Waals surface area contributed by atoms with Crippen molar-refractivity contribution in [3.8, 4) is 0 Å². The molecule has 0 bridgehead atoms. The molecule has 3 fully saturated rings. The third-order valence-corrected chi connectivity index (χ3v) is 6.65. The molecule has 28 heavy (non-hydrogen) atoms. The number of likely N-dealkylation sites (N-methyl/N-ethyl adjacent to an activating group) is 1. The summed E-state index contributed by atoms with van der Waals surface area (Å²) in [5.41, 5.74) is -0.239. The molecule has 0 aromatic heterocycles. The largest absolute Gasteiger partial charge is 0.353 e. The van der Waals surface area contributed by atoms with Crippen molar-refractivity contribution in [3.05, 3.63) is 34.9 Å². The summed E-state index contributed by atoms with van der Waals surface area (Å²) in [5.74, 6) is -0.201. The molecular weight excluding hydrogens is 378 g/mol. The second-order valence-electron chi connectivity index (χ2n) is 8.12. The summed E-state index contributed by atoms with van der Waals surface area (Å²) in [6, 6.07) is 6.49. The monoisotopic (exact) mass is 405 g/mol. The maximum absolute atomic E-state index is 13.6. The van der Waals surface area contributed by atoms with Gasteiger partial charge in [-0.05, 0) is 44.9 Å². The summed E-state index contributed by atoms with van der Waals surface area (Å²) in [6.45, 7) is 3.34. The van der Waals surface area contributed by atoms with Crippen LogP contribution in [0.15, 0.2) is 24.3 Å². The van der Waals surface area contributed by atoms with Gasteiger partial charge < -0.3 is 14.5 Å². The van der Waals surface area contributed by atoms with Crippen LogP contribution in [0.2, 0.25) is 5.02 Å². The molecule has 1 saturated carbocycles. The van der Waals surface area contributed by atoms with Crippen LogP contribution in [-0.4, -0.2) is 78.1 Å². The highest BCUT2D eigenvalue weighted by Gasteiger charge is 2.53. The number of rotatable bonds is 2. The van der Waals surface area contributed by atoms with Gasteiger partial charge in [0, 0.05) is 26.2 Å². The highest BCUT2D eigenvalue weighted by atomic mass is 35.5. The molecule has 3 aliphatic rings. The molecule has 1 atom stereocenters. The zero-order valence-corrected chi connectivity index (χ0v) is 17.2. The standard InChI is InChI=1S/C21H28ClN3O3/c1-23-11-13-24(14-12-23)20(27)18-15-28-21(9-5-2-6-10-21)25(18)19(26)16-7-3-4-8-17(16)22/h3-4,7-8,18H,2,5-6,9-15H2,1H3. The van der Waals surface area contributed by atoms with E-state index >= 15 is 0 Å². The van der Waals surface area contributed by atoms with Crippen molar-refractivity contribution < 1.29 is 14.3 Å². The van der Waals surface area contributed by atoms with E-state index in [1.165, 1.54) is 0 Å². The molecule has 1 spiro atoms. The van der Waals surface area contributed by atoms with Crippen molar-refractivity contribution in [2.45, 2.75) is 43.9 Å². The second-order valence-corrected chi connectivity index (χ2v) is 8.52. The van der Waals surface area contributed by atoms with Gasteiger partial charge in [0.05, 0.1) is 17.2 Å². The highest BCUT2D eigenvalue weighted by molar-refractivity contribution is 6.33. The number of nitrogens with zero attached hydrogens (tertiary/aromatic N) is 3. The number of hydrogen-bond donors (Lipinski definition) is 0. The summed E-state index contributed by atoms with van der Waals surface area (Å²) in [7, 11) is 2.06. The molecular formula is C21H28ClN3O3. The quantitative estimate of drug-likeness (QED) is 0.759. The Hall–Kier alpha value is -1.63. The number of carbonyl (C=O) groups excluding carboxylic acids is 2. The Balaban J connectivity index is 1.64. The minimum Gasteiger partial charge on any atom is -0.353 e. The Kier molecular flexibility index (Phi) is 5.63. The van der Waals surface area contributed by atoms with Gasteiger partial charge >= 0.3 is 0 Å². The van der Waals surface area contributed by atoms with Gasteiger partial charge in [-0.25, -0.2) is 0 Å². The van der Waals surface area contributed by atoms with E-state index in [0.717, 1.165) is 45.2 Å². The molecule has 0 N–H and O–H groups in total. The molecule has 2 heterocycles. The Labute approximate surface area is 171 Å². The lowest BCUT2D eigenvalue weighted by atomic mass is 9.89. The molecule has 1 aromatic rings. The predicted octanol–water partition coefficient (Wildman–Crippen LogP) is 2.62. The first kappa shape index (κ1) is 19.7. The summed E-state index contributed by atoms with van der Waals surface area (Å²) >= 11 is 6.33. The van der Waals surface area contributed by atoms with Crippen LogP contribution in [-0.2, 0) is 9.53 Å². The molecule has 1 unspecified atom stereocenters. The fourth-order valence-electron chi connectivity index (χ4n) is 4.66. The van der Waals surface area contributed by atoms with Crippen LogP contribution >= 0.6 is 11.6 Å². The van der Waals surface area contributed by atoms with Crippen molar-refractivity contribution >= 4 is 23.4 Å².